The van der Waals surface area contributed by atoms with Crippen molar-refractivity contribution in [1.29, 1.82) is 0 Å². The number of rotatable bonds is 2. The van der Waals surface area contributed by atoms with Gasteiger partial charge < -0.3 is 15.0 Å². The van der Waals surface area contributed by atoms with E-state index >= 15 is 0 Å². The standard InChI is InChI=1S/C12H22F2N2O2/c1-5-15-9-6-7-16(8-12(9,13)14)10(17)18-11(2,3)4/h9,15H,5-8H2,1-4H3/t9-/m0/s1. The van der Waals surface area contributed by atoms with Gasteiger partial charge in [0.25, 0.3) is 5.92 Å². The maximum atomic E-state index is 13.8. The largest absolute Gasteiger partial charge is 0.444 e. The van der Waals surface area contributed by atoms with Crippen molar-refractivity contribution in [3.8, 4) is 0 Å². The van der Waals surface area contributed by atoms with Crippen molar-refractivity contribution in [3.05, 3.63) is 0 Å². The zero-order valence-electron chi connectivity index (χ0n) is 11.4. The van der Waals surface area contributed by atoms with Crippen LogP contribution >= 0.6 is 0 Å². The molecule has 0 aromatic rings. The van der Waals surface area contributed by atoms with Gasteiger partial charge in [0.1, 0.15) is 5.60 Å². The van der Waals surface area contributed by atoms with Crippen LogP contribution in [0.25, 0.3) is 0 Å². The lowest BCUT2D eigenvalue weighted by Crippen LogP contribution is -2.58. The summed E-state index contributed by atoms with van der Waals surface area (Å²) < 4.78 is 32.7. The van der Waals surface area contributed by atoms with E-state index in [1.165, 1.54) is 0 Å². The highest BCUT2D eigenvalue weighted by molar-refractivity contribution is 5.68. The number of hydrogen-bond acceptors (Lipinski definition) is 3. The Balaban J connectivity index is 2.60. The van der Waals surface area contributed by atoms with Gasteiger partial charge in [0, 0.05) is 6.54 Å². The predicted molar refractivity (Wildman–Crippen MR) is 64.8 cm³/mol. The first-order chi connectivity index (χ1) is 8.15. The van der Waals surface area contributed by atoms with Gasteiger partial charge in [-0.25, -0.2) is 13.6 Å². The highest BCUT2D eigenvalue weighted by Crippen LogP contribution is 2.28. The number of amides is 1. The SMILES string of the molecule is CCN[C@H]1CCN(C(=O)OC(C)(C)C)CC1(F)F. The Hall–Kier alpha value is -0.910. The molecule has 1 amide bonds. The van der Waals surface area contributed by atoms with Gasteiger partial charge in [0.2, 0.25) is 0 Å². The van der Waals surface area contributed by atoms with Gasteiger partial charge in [-0.1, -0.05) is 6.92 Å². The number of likely N-dealkylation sites (tertiary alicyclic amines) is 1. The number of hydrogen-bond donors (Lipinski definition) is 1. The Kier molecular flexibility index (Phi) is 4.53. The molecule has 0 aromatic carbocycles. The van der Waals surface area contributed by atoms with Crippen molar-refractivity contribution in [3.63, 3.8) is 0 Å². The van der Waals surface area contributed by atoms with Gasteiger partial charge in [0.15, 0.2) is 0 Å². The quantitative estimate of drug-likeness (QED) is 0.831. The van der Waals surface area contributed by atoms with E-state index in [4.69, 9.17) is 4.74 Å². The molecule has 0 unspecified atom stereocenters. The topological polar surface area (TPSA) is 41.6 Å². The van der Waals surface area contributed by atoms with Crippen LogP contribution in [0.3, 0.4) is 0 Å². The van der Waals surface area contributed by atoms with Crippen LogP contribution in [0.1, 0.15) is 34.1 Å². The van der Waals surface area contributed by atoms with Gasteiger partial charge in [-0.3, -0.25) is 0 Å². The van der Waals surface area contributed by atoms with Crippen LogP contribution in [0.4, 0.5) is 13.6 Å². The van der Waals surface area contributed by atoms with Crippen LogP contribution in [-0.2, 0) is 4.74 Å². The van der Waals surface area contributed by atoms with Gasteiger partial charge >= 0.3 is 6.09 Å². The Labute approximate surface area is 107 Å². The third-order valence-electron chi connectivity index (χ3n) is 2.70. The lowest BCUT2D eigenvalue weighted by atomic mass is 10.0. The van der Waals surface area contributed by atoms with Crippen molar-refractivity contribution in [2.45, 2.75) is 51.7 Å². The monoisotopic (exact) mass is 264 g/mol. The van der Waals surface area contributed by atoms with Crippen molar-refractivity contribution in [2.75, 3.05) is 19.6 Å². The summed E-state index contributed by atoms with van der Waals surface area (Å²) in [6, 6.07) is -0.860. The van der Waals surface area contributed by atoms with Crippen LogP contribution in [0.15, 0.2) is 0 Å². The number of ether oxygens (including phenoxy) is 1. The second-order valence-corrected chi connectivity index (χ2v) is 5.56. The number of nitrogens with one attached hydrogen (secondary N) is 1. The lowest BCUT2D eigenvalue weighted by molar-refractivity contribution is -0.0909. The molecular weight excluding hydrogens is 242 g/mol. The molecule has 1 N–H and O–H groups in total. The fourth-order valence-corrected chi connectivity index (χ4v) is 1.92. The summed E-state index contributed by atoms with van der Waals surface area (Å²) in [5, 5.41) is 2.75. The summed E-state index contributed by atoms with van der Waals surface area (Å²) in [4.78, 5) is 12.8. The van der Waals surface area contributed by atoms with E-state index in [9.17, 15) is 13.6 Å². The van der Waals surface area contributed by atoms with Crippen molar-refractivity contribution in [2.24, 2.45) is 0 Å². The highest BCUT2D eigenvalue weighted by atomic mass is 19.3. The highest BCUT2D eigenvalue weighted by Gasteiger charge is 2.46. The Morgan fingerprint density at radius 3 is 2.56 bits per heavy atom. The van der Waals surface area contributed by atoms with Crippen LogP contribution < -0.4 is 5.32 Å². The fourth-order valence-electron chi connectivity index (χ4n) is 1.92. The number of alkyl halides is 2. The van der Waals surface area contributed by atoms with Crippen LogP contribution in [0.5, 0.6) is 0 Å². The summed E-state index contributed by atoms with van der Waals surface area (Å²) in [5.41, 5.74) is -0.662. The minimum absolute atomic E-state index is 0.236. The minimum Gasteiger partial charge on any atom is -0.444 e. The maximum Gasteiger partial charge on any atom is 0.410 e. The third-order valence-corrected chi connectivity index (χ3v) is 2.70. The average molecular weight is 264 g/mol. The summed E-state index contributed by atoms with van der Waals surface area (Å²) in [6.45, 7) is 7.14. The summed E-state index contributed by atoms with van der Waals surface area (Å²) in [6.07, 6.45) is -0.433. The van der Waals surface area contributed by atoms with E-state index in [1.807, 2.05) is 0 Å². The van der Waals surface area contributed by atoms with E-state index in [1.54, 1.807) is 27.7 Å². The summed E-state index contributed by atoms with van der Waals surface area (Å²) in [7, 11) is 0. The molecule has 1 rings (SSSR count). The number of piperidine rings is 1. The second-order valence-electron chi connectivity index (χ2n) is 5.56. The van der Waals surface area contributed by atoms with Crippen molar-refractivity contribution >= 4 is 6.09 Å². The first-order valence-corrected chi connectivity index (χ1v) is 6.25. The summed E-state index contributed by atoms with van der Waals surface area (Å²) in [5.74, 6) is -2.91. The molecule has 0 saturated carbocycles. The van der Waals surface area contributed by atoms with Crippen LogP contribution in [0, 0.1) is 0 Å². The van der Waals surface area contributed by atoms with E-state index in [0.29, 0.717) is 13.1 Å². The molecule has 0 bridgehead atoms. The van der Waals surface area contributed by atoms with E-state index in [0.717, 1.165) is 4.90 Å². The molecule has 1 aliphatic heterocycles. The molecule has 4 nitrogen and oxygen atoms in total. The maximum absolute atomic E-state index is 13.8. The second kappa shape index (κ2) is 5.38. The van der Waals surface area contributed by atoms with Gasteiger partial charge in [0.05, 0.1) is 12.6 Å². The fraction of sp³-hybridized carbons (Fsp3) is 0.917. The molecule has 106 valence electrons. The molecule has 1 aliphatic rings. The molecule has 18 heavy (non-hydrogen) atoms. The first kappa shape index (κ1) is 15.1. The Morgan fingerprint density at radius 1 is 1.50 bits per heavy atom. The Bertz CT molecular complexity index is 303. The molecule has 0 spiro atoms. The Morgan fingerprint density at radius 2 is 2.11 bits per heavy atom. The van der Waals surface area contributed by atoms with Gasteiger partial charge in [-0.05, 0) is 33.7 Å². The van der Waals surface area contributed by atoms with Gasteiger partial charge in [-0.2, -0.15) is 0 Å². The molecule has 0 aromatic heterocycles. The molecule has 6 heteroatoms. The van der Waals surface area contributed by atoms with Crippen LogP contribution in [0.2, 0.25) is 0 Å². The normalized spacial score (nSPS) is 23.9. The smallest absolute Gasteiger partial charge is 0.410 e. The molecule has 0 radical (unpaired) electrons. The average Bonchev–Trinajstić information content (AvgIpc) is 2.18. The first-order valence-electron chi connectivity index (χ1n) is 6.25. The van der Waals surface area contributed by atoms with Crippen LogP contribution in [-0.4, -0.2) is 48.2 Å². The summed E-state index contributed by atoms with van der Waals surface area (Å²) >= 11 is 0. The molecule has 1 fully saturated rings. The van der Waals surface area contributed by atoms with E-state index in [-0.39, 0.29) is 6.42 Å². The zero-order valence-corrected chi connectivity index (χ0v) is 11.4. The number of nitrogens with zero attached hydrogens (tertiary/aromatic N) is 1. The minimum atomic E-state index is -2.91. The molecular formula is C12H22F2N2O2. The molecule has 1 heterocycles. The lowest BCUT2D eigenvalue weighted by Gasteiger charge is -2.39. The van der Waals surface area contributed by atoms with E-state index in [2.05, 4.69) is 5.32 Å². The molecule has 1 atom stereocenters. The number of carbonyl (C=O) groups excluding carboxylic acids is 1. The van der Waals surface area contributed by atoms with Gasteiger partial charge in [-0.15, -0.1) is 0 Å². The molecule has 1 saturated heterocycles. The molecule has 0 aliphatic carbocycles. The predicted octanol–water partition coefficient (Wildman–Crippen LogP) is 2.24. The van der Waals surface area contributed by atoms with Crippen molar-refractivity contribution in [1.82, 2.24) is 10.2 Å². The van der Waals surface area contributed by atoms with Crippen molar-refractivity contribution < 1.29 is 18.3 Å². The third kappa shape index (κ3) is 4.08. The number of carbonyl (C=O) groups is 1. The van der Waals surface area contributed by atoms with E-state index < -0.39 is 30.2 Å². The zero-order chi connectivity index (χ0) is 14.0. The number of halogens is 2.